The SMILES string of the molecule is Cc1cccc(NC(=O)c2cc(Oc3cncc(F)c3)cn3nc(C)nc23)n1. The first-order valence-electron chi connectivity index (χ1n) is 8.38. The van der Waals surface area contributed by atoms with Gasteiger partial charge in [-0.15, -0.1) is 0 Å². The maximum Gasteiger partial charge on any atom is 0.260 e. The zero-order valence-corrected chi connectivity index (χ0v) is 15.0. The second-order valence-corrected chi connectivity index (χ2v) is 6.08. The van der Waals surface area contributed by atoms with Crippen molar-refractivity contribution in [3.63, 3.8) is 0 Å². The number of ether oxygens (including phenoxy) is 1. The summed E-state index contributed by atoms with van der Waals surface area (Å²) in [5.41, 5.74) is 1.38. The van der Waals surface area contributed by atoms with Crippen molar-refractivity contribution in [2.24, 2.45) is 0 Å². The van der Waals surface area contributed by atoms with Crippen molar-refractivity contribution in [1.82, 2.24) is 24.6 Å². The van der Waals surface area contributed by atoms with Crippen LogP contribution >= 0.6 is 0 Å². The van der Waals surface area contributed by atoms with Crippen LogP contribution in [0, 0.1) is 19.7 Å². The summed E-state index contributed by atoms with van der Waals surface area (Å²) in [6, 6.07) is 8.03. The first-order chi connectivity index (χ1) is 13.5. The summed E-state index contributed by atoms with van der Waals surface area (Å²) in [4.78, 5) is 25.2. The molecule has 0 aliphatic rings. The second-order valence-electron chi connectivity index (χ2n) is 6.08. The van der Waals surface area contributed by atoms with E-state index in [1.807, 2.05) is 13.0 Å². The predicted octanol–water partition coefficient (Wildman–Crippen LogP) is 3.32. The van der Waals surface area contributed by atoms with Gasteiger partial charge in [0.25, 0.3) is 5.91 Å². The van der Waals surface area contributed by atoms with Gasteiger partial charge in [-0.1, -0.05) is 6.07 Å². The third-order valence-corrected chi connectivity index (χ3v) is 3.80. The van der Waals surface area contributed by atoms with E-state index in [9.17, 15) is 9.18 Å². The molecule has 1 amide bonds. The molecule has 0 saturated heterocycles. The van der Waals surface area contributed by atoms with Gasteiger partial charge >= 0.3 is 0 Å². The van der Waals surface area contributed by atoms with E-state index >= 15 is 0 Å². The third-order valence-electron chi connectivity index (χ3n) is 3.80. The van der Waals surface area contributed by atoms with Crippen LogP contribution < -0.4 is 10.1 Å². The van der Waals surface area contributed by atoms with Crippen LogP contribution in [0.15, 0.2) is 48.9 Å². The number of nitrogens with zero attached hydrogens (tertiary/aromatic N) is 5. The van der Waals surface area contributed by atoms with Crippen LogP contribution in [0.3, 0.4) is 0 Å². The number of carbonyl (C=O) groups is 1. The Balaban J connectivity index is 1.72. The summed E-state index contributed by atoms with van der Waals surface area (Å²) in [6.07, 6.45) is 4.00. The Hall–Kier alpha value is -3.88. The normalized spacial score (nSPS) is 10.8. The van der Waals surface area contributed by atoms with Crippen molar-refractivity contribution in [3.8, 4) is 11.5 Å². The molecule has 0 saturated carbocycles. The fourth-order valence-corrected chi connectivity index (χ4v) is 2.67. The summed E-state index contributed by atoms with van der Waals surface area (Å²) < 4.78 is 20.5. The molecule has 9 heteroatoms. The van der Waals surface area contributed by atoms with E-state index in [1.54, 1.807) is 25.3 Å². The quantitative estimate of drug-likeness (QED) is 0.585. The number of hydrogen-bond acceptors (Lipinski definition) is 6. The Kier molecular flexibility index (Phi) is 4.40. The van der Waals surface area contributed by atoms with Crippen LogP contribution in [-0.4, -0.2) is 30.5 Å². The molecule has 4 rings (SSSR count). The van der Waals surface area contributed by atoms with Crippen molar-refractivity contribution < 1.29 is 13.9 Å². The highest BCUT2D eigenvalue weighted by Gasteiger charge is 2.17. The van der Waals surface area contributed by atoms with Crippen LogP contribution in [0.4, 0.5) is 10.2 Å². The van der Waals surface area contributed by atoms with E-state index in [0.29, 0.717) is 17.3 Å². The van der Waals surface area contributed by atoms with E-state index in [0.717, 1.165) is 11.9 Å². The molecule has 28 heavy (non-hydrogen) atoms. The van der Waals surface area contributed by atoms with E-state index in [4.69, 9.17) is 4.74 Å². The summed E-state index contributed by atoms with van der Waals surface area (Å²) in [7, 11) is 0. The Labute approximate surface area is 159 Å². The number of aryl methyl sites for hydroxylation is 2. The number of fused-ring (bicyclic) bond motifs is 1. The molecule has 0 aliphatic heterocycles. The van der Waals surface area contributed by atoms with Gasteiger partial charge < -0.3 is 10.1 Å². The minimum absolute atomic E-state index is 0.197. The Morgan fingerprint density at radius 1 is 1.14 bits per heavy atom. The average molecular weight is 378 g/mol. The molecule has 1 N–H and O–H groups in total. The van der Waals surface area contributed by atoms with Crippen molar-refractivity contribution in [2.45, 2.75) is 13.8 Å². The van der Waals surface area contributed by atoms with Crippen LogP contribution in [0.2, 0.25) is 0 Å². The Morgan fingerprint density at radius 2 is 2.00 bits per heavy atom. The fraction of sp³-hybridized carbons (Fsp3) is 0.105. The number of amides is 1. The highest BCUT2D eigenvalue weighted by atomic mass is 19.1. The van der Waals surface area contributed by atoms with E-state index in [2.05, 4.69) is 25.4 Å². The van der Waals surface area contributed by atoms with E-state index in [1.165, 1.54) is 22.8 Å². The number of rotatable bonds is 4. The van der Waals surface area contributed by atoms with Gasteiger partial charge in [-0.2, -0.15) is 5.10 Å². The van der Waals surface area contributed by atoms with Crippen molar-refractivity contribution >= 4 is 17.4 Å². The monoisotopic (exact) mass is 378 g/mol. The number of anilines is 1. The topological polar surface area (TPSA) is 94.3 Å². The third kappa shape index (κ3) is 3.63. The maximum atomic E-state index is 13.4. The summed E-state index contributed by atoms with van der Waals surface area (Å²) in [5.74, 6) is 0.444. The van der Waals surface area contributed by atoms with Crippen molar-refractivity contribution in [1.29, 1.82) is 0 Å². The molecule has 0 spiro atoms. The lowest BCUT2D eigenvalue weighted by Gasteiger charge is -2.09. The molecule has 0 atom stereocenters. The second kappa shape index (κ2) is 7.03. The Morgan fingerprint density at radius 3 is 2.79 bits per heavy atom. The molecular weight excluding hydrogens is 363 g/mol. The maximum absolute atomic E-state index is 13.4. The Bertz CT molecular complexity index is 1190. The fourth-order valence-electron chi connectivity index (χ4n) is 2.67. The largest absolute Gasteiger partial charge is 0.454 e. The molecule has 4 aromatic heterocycles. The van der Waals surface area contributed by atoms with Gasteiger partial charge in [-0.3, -0.25) is 9.78 Å². The van der Waals surface area contributed by atoms with Crippen molar-refractivity contribution in [2.75, 3.05) is 5.32 Å². The van der Waals surface area contributed by atoms with Gasteiger partial charge in [-0.05, 0) is 32.0 Å². The van der Waals surface area contributed by atoms with Crippen LogP contribution in [0.1, 0.15) is 21.9 Å². The number of carbonyl (C=O) groups excluding carboxylic acids is 1. The number of halogens is 1. The minimum atomic E-state index is -0.529. The molecule has 0 radical (unpaired) electrons. The van der Waals surface area contributed by atoms with Crippen LogP contribution in [0.5, 0.6) is 11.5 Å². The highest BCUT2D eigenvalue weighted by molar-refractivity contribution is 6.08. The summed E-state index contributed by atoms with van der Waals surface area (Å²) >= 11 is 0. The van der Waals surface area contributed by atoms with Gasteiger partial charge in [0.1, 0.15) is 29.0 Å². The van der Waals surface area contributed by atoms with Crippen molar-refractivity contribution in [3.05, 3.63) is 71.8 Å². The van der Waals surface area contributed by atoms with Crippen LogP contribution in [-0.2, 0) is 0 Å². The molecule has 4 aromatic rings. The van der Waals surface area contributed by atoms with Gasteiger partial charge in [0.15, 0.2) is 5.65 Å². The number of aromatic nitrogens is 5. The van der Waals surface area contributed by atoms with Crippen LogP contribution in [0.25, 0.3) is 5.65 Å². The first-order valence-corrected chi connectivity index (χ1v) is 8.38. The average Bonchev–Trinajstić information content (AvgIpc) is 3.01. The smallest absolute Gasteiger partial charge is 0.260 e. The van der Waals surface area contributed by atoms with Gasteiger partial charge in [-0.25, -0.2) is 18.9 Å². The number of hydrogen-bond donors (Lipinski definition) is 1. The number of pyridine rings is 3. The molecule has 0 unspecified atom stereocenters. The molecule has 4 heterocycles. The first kappa shape index (κ1) is 17.5. The lowest BCUT2D eigenvalue weighted by atomic mass is 10.2. The minimum Gasteiger partial charge on any atom is -0.454 e. The highest BCUT2D eigenvalue weighted by Crippen LogP contribution is 2.24. The number of nitrogens with one attached hydrogen (secondary N) is 1. The van der Waals surface area contributed by atoms with Gasteiger partial charge in [0.2, 0.25) is 0 Å². The van der Waals surface area contributed by atoms with Gasteiger partial charge in [0.05, 0.1) is 24.2 Å². The molecule has 0 aromatic carbocycles. The molecule has 140 valence electrons. The van der Waals surface area contributed by atoms with E-state index in [-0.39, 0.29) is 17.1 Å². The molecule has 8 nitrogen and oxygen atoms in total. The van der Waals surface area contributed by atoms with Gasteiger partial charge in [0, 0.05) is 11.8 Å². The summed E-state index contributed by atoms with van der Waals surface area (Å²) in [5, 5.41) is 6.98. The predicted molar refractivity (Wildman–Crippen MR) is 98.9 cm³/mol. The molecule has 0 bridgehead atoms. The molecule has 0 aliphatic carbocycles. The summed E-state index contributed by atoms with van der Waals surface area (Å²) in [6.45, 7) is 3.55. The van der Waals surface area contributed by atoms with E-state index < -0.39 is 11.7 Å². The lowest BCUT2D eigenvalue weighted by Crippen LogP contribution is -2.15. The molecular formula is C19H15FN6O2. The standard InChI is InChI=1S/C19H15FN6O2/c1-11-4-3-5-17(22-11)24-19(27)16-7-15(10-26-18(16)23-12(2)25-26)28-14-6-13(20)8-21-9-14/h3-10H,1-2H3,(H,22,24,27). The zero-order valence-electron chi connectivity index (χ0n) is 15.0. The zero-order chi connectivity index (χ0) is 19.7. The molecule has 0 fully saturated rings. The lowest BCUT2D eigenvalue weighted by molar-refractivity contribution is 0.102.